The lowest BCUT2D eigenvalue weighted by atomic mass is 10.2. The molecule has 6 nitrogen and oxygen atoms in total. The van der Waals surface area contributed by atoms with Crippen LogP contribution in [-0.4, -0.2) is 80.5 Å². The van der Waals surface area contributed by atoms with Gasteiger partial charge in [0, 0.05) is 76.4 Å². The second kappa shape index (κ2) is 16.2. The summed E-state index contributed by atoms with van der Waals surface area (Å²) in [7, 11) is 0. The van der Waals surface area contributed by atoms with Crippen LogP contribution in [0.15, 0.2) is 59.8 Å². The molecule has 0 radical (unpaired) electrons. The monoisotopic (exact) mass is 456 g/mol. The molecule has 176 valence electrons. The minimum absolute atomic E-state index is 0.934. The van der Waals surface area contributed by atoms with E-state index in [-0.39, 0.29) is 0 Å². The maximum Gasteiger partial charge on any atom is 0.0416 e. The van der Waals surface area contributed by atoms with Gasteiger partial charge in [-0.15, -0.1) is 0 Å². The maximum atomic E-state index is 4.39. The predicted octanol–water partition coefficient (Wildman–Crippen LogP) is 2.15. The second-order valence-electron chi connectivity index (χ2n) is 8.22. The summed E-state index contributed by atoms with van der Waals surface area (Å²) in [6.07, 6.45) is 14.3. The third kappa shape index (κ3) is 10.9. The van der Waals surface area contributed by atoms with E-state index in [4.69, 9.17) is 0 Å². The lowest BCUT2D eigenvalue weighted by Crippen LogP contribution is -2.34. The van der Waals surface area contributed by atoms with Gasteiger partial charge >= 0.3 is 0 Å². The van der Waals surface area contributed by atoms with Crippen LogP contribution >= 0.6 is 11.9 Å². The average molecular weight is 457 g/mol. The fourth-order valence-electron chi connectivity index (χ4n) is 3.69. The van der Waals surface area contributed by atoms with Crippen LogP contribution in [0.2, 0.25) is 0 Å². The van der Waals surface area contributed by atoms with Crippen molar-refractivity contribution in [2.24, 2.45) is 0 Å². The van der Waals surface area contributed by atoms with E-state index in [1.54, 1.807) is 0 Å². The number of rotatable bonds is 7. The smallest absolute Gasteiger partial charge is 0.0416 e. The number of allylic oxidation sites excluding steroid dienone is 3. The number of hydrogen-bond acceptors (Lipinski definition) is 7. The van der Waals surface area contributed by atoms with E-state index in [1.165, 1.54) is 17.6 Å². The van der Waals surface area contributed by atoms with Crippen LogP contribution in [0.3, 0.4) is 0 Å². The van der Waals surface area contributed by atoms with Crippen molar-refractivity contribution in [2.45, 2.75) is 19.3 Å². The summed E-state index contributed by atoms with van der Waals surface area (Å²) in [6.45, 7) is 10.3. The van der Waals surface area contributed by atoms with Crippen molar-refractivity contribution in [3.8, 4) is 0 Å². The molecule has 7 heteroatoms. The Bertz CT molecular complexity index is 704. The number of pyridine rings is 1. The molecule has 0 unspecified atom stereocenters. The first-order chi connectivity index (χ1) is 15.9. The fraction of sp³-hybridized carbons (Fsp3) is 0.560. The first-order valence-electron chi connectivity index (χ1n) is 12.1. The summed E-state index contributed by atoms with van der Waals surface area (Å²) in [4.78, 5) is 4.39. The van der Waals surface area contributed by atoms with Crippen LogP contribution < -0.4 is 21.3 Å². The molecule has 1 aliphatic heterocycles. The fourth-order valence-corrected chi connectivity index (χ4v) is 4.65. The van der Waals surface area contributed by atoms with Crippen LogP contribution in [0, 0.1) is 0 Å². The summed E-state index contributed by atoms with van der Waals surface area (Å²) in [6, 6.07) is 6.11. The predicted molar refractivity (Wildman–Crippen MR) is 138 cm³/mol. The van der Waals surface area contributed by atoms with Crippen LogP contribution in [0.25, 0.3) is 0 Å². The zero-order valence-electron chi connectivity index (χ0n) is 19.3. The molecule has 1 aromatic rings. The molecule has 0 atom stereocenters. The lowest BCUT2D eigenvalue weighted by molar-refractivity contribution is 0.480. The zero-order valence-corrected chi connectivity index (χ0v) is 20.1. The van der Waals surface area contributed by atoms with Gasteiger partial charge in [-0.1, -0.05) is 47.9 Å². The molecule has 3 rings (SSSR count). The van der Waals surface area contributed by atoms with E-state index in [1.807, 2.05) is 24.2 Å². The third-order valence-electron chi connectivity index (χ3n) is 5.52. The Kier molecular flexibility index (Phi) is 12.7. The van der Waals surface area contributed by atoms with Crippen molar-refractivity contribution in [3.63, 3.8) is 0 Å². The molecule has 1 aromatic heterocycles. The van der Waals surface area contributed by atoms with Crippen LogP contribution in [0.5, 0.6) is 0 Å². The molecule has 1 fully saturated rings. The van der Waals surface area contributed by atoms with Crippen molar-refractivity contribution in [1.82, 2.24) is 30.6 Å². The highest BCUT2D eigenvalue weighted by Crippen LogP contribution is 2.16. The molecule has 2 aliphatic rings. The molecular weight excluding hydrogens is 416 g/mol. The Morgan fingerprint density at radius 1 is 1.00 bits per heavy atom. The van der Waals surface area contributed by atoms with Gasteiger partial charge in [0.1, 0.15) is 0 Å². The first-order valence-corrected chi connectivity index (χ1v) is 13.0. The molecular formula is C25H40N6S. The molecule has 0 amide bonds. The Morgan fingerprint density at radius 3 is 2.75 bits per heavy atom. The van der Waals surface area contributed by atoms with E-state index in [2.05, 4.69) is 67.0 Å². The van der Waals surface area contributed by atoms with E-state index in [0.29, 0.717) is 0 Å². The highest BCUT2D eigenvalue weighted by atomic mass is 32.2. The van der Waals surface area contributed by atoms with E-state index < -0.39 is 0 Å². The van der Waals surface area contributed by atoms with Gasteiger partial charge in [-0.05, 0) is 43.6 Å². The topological polar surface area (TPSA) is 64.2 Å². The zero-order chi connectivity index (χ0) is 22.1. The standard InChI is InChI=1S/C25H40N6S/c1-2-13-30-25(7-1)10-14-29-21-23-5-3-6-24(9-8-23)22-31-19-17-27-12-4-11-26-15-16-28-18-20-32-31/h1-3,6-9,13,26-29H,4-5,10-12,14-22H2. The molecule has 1 aliphatic carbocycles. The average Bonchev–Trinajstić information content (AvgIpc) is 3.05. The third-order valence-corrected chi connectivity index (χ3v) is 6.58. The van der Waals surface area contributed by atoms with E-state index in [0.717, 1.165) is 89.7 Å². The number of aromatic nitrogens is 1. The van der Waals surface area contributed by atoms with Gasteiger partial charge in [0.2, 0.25) is 0 Å². The number of hydrogen-bond donors (Lipinski definition) is 4. The summed E-state index contributed by atoms with van der Waals surface area (Å²) in [5.74, 6) is 1.11. The minimum atomic E-state index is 0.934. The highest BCUT2D eigenvalue weighted by molar-refractivity contribution is 7.97. The molecule has 0 aromatic carbocycles. The van der Waals surface area contributed by atoms with Crippen molar-refractivity contribution < 1.29 is 0 Å². The van der Waals surface area contributed by atoms with Crippen molar-refractivity contribution >= 4 is 11.9 Å². The van der Waals surface area contributed by atoms with Gasteiger partial charge in [-0.2, -0.15) is 0 Å². The maximum absolute atomic E-state index is 4.39. The Labute approximate surface area is 198 Å². The number of nitrogens with zero attached hydrogens (tertiary/aromatic N) is 2. The van der Waals surface area contributed by atoms with Crippen molar-refractivity contribution in [3.05, 3.63) is 65.5 Å². The van der Waals surface area contributed by atoms with Gasteiger partial charge in [-0.3, -0.25) is 4.98 Å². The molecule has 4 N–H and O–H groups in total. The molecule has 0 spiro atoms. The lowest BCUT2D eigenvalue weighted by Gasteiger charge is -2.22. The highest BCUT2D eigenvalue weighted by Gasteiger charge is 2.09. The summed E-state index contributed by atoms with van der Waals surface area (Å²) in [5, 5.41) is 14.2. The van der Waals surface area contributed by atoms with Crippen LogP contribution in [-0.2, 0) is 6.42 Å². The Morgan fingerprint density at radius 2 is 1.88 bits per heavy atom. The van der Waals surface area contributed by atoms with Crippen LogP contribution in [0.4, 0.5) is 0 Å². The van der Waals surface area contributed by atoms with Gasteiger partial charge in [-0.25, -0.2) is 4.31 Å². The van der Waals surface area contributed by atoms with Gasteiger partial charge in [0.15, 0.2) is 0 Å². The quantitative estimate of drug-likeness (QED) is 0.370. The largest absolute Gasteiger partial charge is 0.315 e. The molecule has 2 heterocycles. The van der Waals surface area contributed by atoms with Crippen LogP contribution in [0.1, 0.15) is 18.5 Å². The van der Waals surface area contributed by atoms with E-state index >= 15 is 0 Å². The molecule has 1 saturated heterocycles. The summed E-state index contributed by atoms with van der Waals surface area (Å²) >= 11 is 1.96. The van der Waals surface area contributed by atoms with Gasteiger partial charge in [0.05, 0.1) is 0 Å². The molecule has 0 saturated carbocycles. The Hall–Kier alpha value is -1.48. The molecule has 32 heavy (non-hydrogen) atoms. The first kappa shape index (κ1) is 25.1. The van der Waals surface area contributed by atoms with Gasteiger partial charge < -0.3 is 21.3 Å². The van der Waals surface area contributed by atoms with Crippen molar-refractivity contribution in [2.75, 3.05) is 71.2 Å². The SMILES string of the molecule is C1=CC(CN2CCNCCCNCCNCCS2)=CC=C(CNCCc2ccccn2)C1. The van der Waals surface area contributed by atoms with Gasteiger partial charge in [0.25, 0.3) is 0 Å². The summed E-state index contributed by atoms with van der Waals surface area (Å²) < 4.78 is 2.51. The molecule has 0 bridgehead atoms. The minimum Gasteiger partial charge on any atom is -0.315 e. The van der Waals surface area contributed by atoms with E-state index in [9.17, 15) is 0 Å². The Balaban J connectivity index is 1.43. The second-order valence-corrected chi connectivity index (χ2v) is 9.40. The normalized spacial score (nSPS) is 20.1. The summed E-state index contributed by atoms with van der Waals surface area (Å²) in [5.41, 5.74) is 3.97. The number of nitrogens with one attached hydrogen (secondary N) is 4. The van der Waals surface area contributed by atoms with Crippen molar-refractivity contribution in [1.29, 1.82) is 0 Å².